The molecule has 1 N–H and O–H groups in total. The fourth-order valence-electron chi connectivity index (χ4n) is 6.74. The van der Waals surface area contributed by atoms with E-state index in [1.807, 2.05) is 18.3 Å². The summed E-state index contributed by atoms with van der Waals surface area (Å²) in [7, 11) is 0. The molecule has 0 radical (unpaired) electrons. The molecule has 1 heterocycles. The molecule has 0 aliphatic heterocycles. The number of unbranched alkanes of at least 4 members (excludes halogenated alkanes) is 3. The number of fused-ring (bicyclic) bond motifs is 1. The third kappa shape index (κ3) is 6.67. The Morgan fingerprint density at radius 1 is 1.00 bits per heavy atom. The van der Waals surface area contributed by atoms with Crippen LogP contribution in [-0.2, 0) is 0 Å². The number of carbonyl (C=O) groups is 1. The molecular weight excluding hydrogens is 509 g/mol. The van der Waals surface area contributed by atoms with E-state index in [4.69, 9.17) is 0 Å². The molecule has 1 aromatic heterocycles. The number of aromatic nitrogens is 1. The first-order valence-corrected chi connectivity index (χ1v) is 21.8. The zero-order valence-electron chi connectivity index (χ0n) is 21.8. The van der Waals surface area contributed by atoms with Gasteiger partial charge in [0.1, 0.15) is 0 Å². The quantitative estimate of drug-likeness (QED) is 0.138. The van der Waals surface area contributed by atoms with Crippen LogP contribution in [0.4, 0.5) is 0 Å². The molecule has 33 heavy (non-hydrogen) atoms. The first-order chi connectivity index (χ1) is 16.1. The Morgan fingerprint density at radius 2 is 1.67 bits per heavy atom. The first-order valence-electron chi connectivity index (χ1n) is 14.1. The summed E-state index contributed by atoms with van der Waals surface area (Å²) in [4.78, 5) is 17.0. The van der Waals surface area contributed by atoms with E-state index in [1.54, 1.807) is 0 Å². The van der Waals surface area contributed by atoms with E-state index < -0.39 is 18.4 Å². The van der Waals surface area contributed by atoms with E-state index in [0.717, 1.165) is 11.6 Å². The molecule has 0 spiro atoms. The molecule has 3 rings (SSSR count). The zero-order valence-corrected chi connectivity index (χ0v) is 24.7. The molecule has 2 aliphatic rings. The number of rotatable bonds is 14. The van der Waals surface area contributed by atoms with Gasteiger partial charge in [-0.3, -0.25) is 0 Å². The molecule has 0 amide bonds. The van der Waals surface area contributed by atoms with Crippen LogP contribution in [0, 0.1) is 29.6 Å². The van der Waals surface area contributed by atoms with Crippen LogP contribution < -0.4 is 0 Å². The molecule has 1 fully saturated rings. The number of allylic oxidation sites excluding steroid dienone is 3. The molecule has 0 bridgehead atoms. The van der Waals surface area contributed by atoms with Gasteiger partial charge in [-0.1, -0.05) is 0 Å². The van der Waals surface area contributed by atoms with Crippen LogP contribution in [0.3, 0.4) is 0 Å². The van der Waals surface area contributed by atoms with Gasteiger partial charge >= 0.3 is 209 Å². The zero-order chi connectivity index (χ0) is 23.7. The summed E-state index contributed by atoms with van der Waals surface area (Å²) in [5.41, 5.74) is 0.810. The van der Waals surface area contributed by atoms with E-state index >= 15 is 0 Å². The number of Topliss-reactive ketones (excluding diaryl/α,β-unsaturated/α-hetero) is 1. The van der Waals surface area contributed by atoms with Gasteiger partial charge in [-0.05, 0) is 0 Å². The molecule has 0 aromatic carbocycles. The summed E-state index contributed by atoms with van der Waals surface area (Å²) in [5.74, 6) is 2.60. The maximum atomic E-state index is 13.8. The van der Waals surface area contributed by atoms with Gasteiger partial charge in [-0.15, -0.1) is 0 Å². The van der Waals surface area contributed by atoms with Crippen molar-refractivity contribution >= 4 is 24.2 Å². The molecule has 2 nitrogen and oxygen atoms in total. The van der Waals surface area contributed by atoms with Crippen molar-refractivity contribution in [1.82, 2.24) is 4.98 Å². The Hall–Kier alpha value is -0.771. The molecule has 1 aromatic rings. The second-order valence-corrected chi connectivity index (χ2v) is 24.0. The molecule has 3 heteroatoms. The maximum absolute atomic E-state index is 13.8. The molecule has 0 saturated heterocycles. The second-order valence-electron chi connectivity index (χ2n) is 11.0. The van der Waals surface area contributed by atoms with E-state index in [9.17, 15) is 4.79 Å². The molecule has 5 atom stereocenters. The minimum atomic E-state index is -2.36. The Morgan fingerprint density at radius 3 is 2.21 bits per heavy atom. The van der Waals surface area contributed by atoms with Gasteiger partial charge in [-0.2, -0.15) is 0 Å². The van der Waals surface area contributed by atoms with Crippen LogP contribution in [0.2, 0.25) is 13.3 Å². The molecule has 184 valence electrons. The van der Waals surface area contributed by atoms with Crippen LogP contribution in [0.25, 0.3) is 0 Å². The molecular formula is C30H49NOSn. The van der Waals surface area contributed by atoms with Crippen molar-refractivity contribution in [2.24, 2.45) is 29.6 Å². The third-order valence-corrected chi connectivity index (χ3v) is 22.9. The van der Waals surface area contributed by atoms with Crippen molar-refractivity contribution < 1.29 is 4.79 Å². The Labute approximate surface area is 208 Å². The summed E-state index contributed by atoms with van der Waals surface area (Å²) >= 11 is -2.36. The Balaban J connectivity index is 1.92. The normalized spacial score (nSPS) is 27.3. The summed E-state index contributed by atoms with van der Waals surface area (Å²) in [5, 5.41) is 0. The van der Waals surface area contributed by atoms with Crippen LogP contribution in [-0.4, -0.2) is 29.1 Å². The summed E-state index contributed by atoms with van der Waals surface area (Å²) < 4.78 is 7.29. The van der Waals surface area contributed by atoms with Crippen molar-refractivity contribution in [1.29, 1.82) is 0 Å². The fourth-order valence-corrected chi connectivity index (χ4v) is 21.2. The monoisotopic (exact) mass is 559 g/mol. The van der Waals surface area contributed by atoms with Crippen LogP contribution in [0.15, 0.2) is 40.6 Å². The van der Waals surface area contributed by atoms with Crippen molar-refractivity contribution in [3.05, 3.63) is 46.3 Å². The SMILES string of the molecule is CCC[CH2][Sn](/[CH]=C/[C@@H]1C=C[C@@H]2[C@@H](CC)CC[C@H]2[C@@H]1C(=O)c1ccc[nH]1)([CH2]CCC)[CH2]CCC. The minimum absolute atomic E-state index is 0.110. The number of H-pyrrole nitrogens is 1. The van der Waals surface area contributed by atoms with Gasteiger partial charge in [-0.25, -0.2) is 0 Å². The predicted molar refractivity (Wildman–Crippen MR) is 145 cm³/mol. The van der Waals surface area contributed by atoms with Gasteiger partial charge in [0.05, 0.1) is 0 Å². The topological polar surface area (TPSA) is 32.9 Å². The van der Waals surface area contributed by atoms with Gasteiger partial charge in [0, 0.05) is 0 Å². The average Bonchev–Trinajstić information content (AvgIpc) is 3.52. The van der Waals surface area contributed by atoms with Gasteiger partial charge in [0.2, 0.25) is 0 Å². The number of hydrogen-bond donors (Lipinski definition) is 1. The van der Waals surface area contributed by atoms with E-state index in [1.165, 1.54) is 71.1 Å². The van der Waals surface area contributed by atoms with Gasteiger partial charge < -0.3 is 0 Å². The number of nitrogens with one attached hydrogen (secondary N) is 1. The number of aromatic amines is 1. The summed E-state index contributed by atoms with van der Waals surface area (Å²) in [6.45, 7) is 9.37. The Kier molecular flexibility index (Phi) is 10.9. The number of ketones is 1. The average molecular weight is 558 g/mol. The standard InChI is InChI=1S/C18H22NO.3C4H9.Sn/c1-3-12-7-10-15-14(12)9-8-13(4-2)17(15)18(20)16-6-5-11-19-16;3*1-3-4-2;/h2,4-6,8-9,11-15,17,19H,3,7,10H2,1H3;3*1,3-4H2,2H3;/t12-,13+,14+,15+,17+;;;;/m0..../s1. The fraction of sp³-hybridized carbons (Fsp3) is 0.700. The third-order valence-electron chi connectivity index (χ3n) is 8.79. The van der Waals surface area contributed by atoms with Crippen molar-refractivity contribution in [3.8, 4) is 0 Å². The number of carbonyl (C=O) groups excluding carboxylic acids is 1. The first kappa shape index (κ1) is 26.8. The van der Waals surface area contributed by atoms with E-state index in [2.05, 4.69) is 55.0 Å². The van der Waals surface area contributed by atoms with Crippen LogP contribution in [0.5, 0.6) is 0 Å². The predicted octanol–water partition coefficient (Wildman–Crippen LogP) is 9.00. The summed E-state index contributed by atoms with van der Waals surface area (Å²) in [6, 6.07) is 3.95. The second kappa shape index (κ2) is 13.4. The van der Waals surface area contributed by atoms with Crippen LogP contribution in [0.1, 0.15) is 96.0 Å². The molecule has 0 unspecified atom stereocenters. The number of hydrogen-bond acceptors (Lipinski definition) is 1. The molecule has 2 aliphatic carbocycles. The van der Waals surface area contributed by atoms with Gasteiger partial charge in [0.15, 0.2) is 0 Å². The van der Waals surface area contributed by atoms with Crippen molar-refractivity contribution in [3.63, 3.8) is 0 Å². The van der Waals surface area contributed by atoms with Crippen LogP contribution >= 0.6 is 0 Å². The van der Waals surface area contributed by atoms with E-state index in [0.29, 0.717) is 17.6 Å². The van der Waals surface area contributed by atoms with E-state index in [-0.39, 0.29) is 11.8 Å². The molecule has 1 saturated carbocycles. The van der Waals surface area contributed by atoms with Crippen molar-refractivity contribution in [2.45, 2.75) is 98.8 Å². The summed E-state index contributed by atoms with van der Waals surface area (Å²) in [6.07, 6.45) is 21.3. The Bertz CT molecular complexity index is 742. The van der Waals surface area contributed by atoms with Crippen molar-refractivity contribution in [2.75, 3.05) is 0 Å². The van der Waals surface area contributed by atoms with Gasteiger partial charge in [0.25, 0.3) is 0 Å².